The van der Waals surface area contributed by atoms with Crippen molar-refractivity contribution < 1.29 is 9.59 Å². The summed E-state index contributed by atoms with van der Waals surface area (Å²) in [7, 11) is 0. The molecule has 4 nitrogen and oxygen atoms in total. The van der Waals surface area contributed by atoms with Gasteiger partial charge >= 0.3 is 0 Å². The summed E-state index contributed by atoms with van der Waals surface area (Å²) in [5, 5.41) is 5.31. The Kier molecular flexibility index (Phi) is 4.69. The molecule has 17 heavy (non-hydrogen) atoms. The number of aryl methyl sites for hydroxylation is 1. The molecule has 1 rings (SSSR count). The molecule has 0 aliphatic carbocycles. The number of hydrogen-bond donors (Lipinski definition) is 2. The summed E-state index contributed by atoms with van der Waals surface area (Å²) in [4.78, 5) is 22.6. The number of carbonyl (C=O) groups is 2. The molecule has 2 N–H and O–H groups in total. The Morgan fingerprint density at radius 2 is 2.00 bits per heavy atom. The molecule has 0 fully saturated rings. The minimum absolute atomic E-state index is 0.224. The van der Waals surface area contributed by atoms with Gasteiger partial charge in [-0.05, 0) is 31.5 Å². The van der Waals surface area contributed by atoms with Crippen molar-refractivity contribution in [1.29, 1.82) is 0 Å². The largest absolute Gasteiger partial charge is 0.345 e. The molecule has 5 heteroatoms. The summed E-state index contributed by atoms with van der Waals surface area (Å²) in [6, 6.07) is 5.09. The third-order valence-electron chi connectivity index (χ3n) is 2.27. The maximum atomic E-state index is 11.8. The van der Waals surface area contributed by atoms with Crippen LogP contribution in [-0.2, 0) is 9.59 Å². The topological polar surface area (TPSA) is 58.2 Å². The number of carbonyl (C=O) groups excluding carboxylic acids is 2. The van der Waals surface area contributed by atoms with Crippen molar-refractivity contribution in [1.82, 2.24) is 5.32 Å². The van der Waals surface area contributed by atoms with Crippen molar-refractivity contribution in [2.24, 2.45) is 0 Å². The first kappa shape index (κ1) is 13.7. The lowest BCUT2D eigenvalue weighted by atomic mass is 10.2. The summed E-state index contributed by atoms with van der Waals surface area (Å²) in [5.41, 5.74) is 1.71. The third kappa shape index (κ3) is 4.19. The van der Waals surface area contributed by atoms with Crippen LogP contribution in [0.2, 0.25) is 0 Å². The molecule has 92 valence electrons. The molecule has 1 unspecified atom stereocenters. The molecule has 0 heterocycles. The summed E-state index contributed by atoms with van der Waals surface area (Å²) < 4.78 is 0.894. The van der Waals surface area contributed by atoms with E-state index in [-0.39, 0.29) is 11.8 Å². The van der Waals surface area contributed by atoms with Crippen LogP contribution in [-0.4, -0.2) is 17.9 Å². The average Bonchev–Trinajstić information content (AvgIpc) is 2.22. The quantitative estimate of drug-likeness (QED) is 0.899. The van der Waals surface area contributed by atoms with Gasteiger partial charge in [-0.3, -0.25) is 9.59 Å². The molecule has 1 aromatic rings. The molecule has 0 aliphatic heterocycles. The molecule has 2 amide bonds. The van der Waals surface area contributed by atoms with Gasteiger partial charge in [0.15, 0.2) is 0 Å². The molecule has 1 aromatic carbocycles. The molecule has 0 saturated heterocycles. The Labute approximate surface area is 109 Å². The Morgan fingerprint density at radius 1 is 1.35 bits per heavy atom. The van der Waals surface area contributed by atoms with Crippen molar-refractivity contribution in [2.45, 2.75) is 26.8 Å². The summed E-state index contributed by atoms with van der Waals surface area (Å²) in [5.74, 6) is -0.458. The number of nitrogens with one attached hydrogen (secondary N) is 2. The Balaban J connectivity index is 2.73. The first-order valence-electron chi connectivity index (χ1n) is 5.24. The van der Waals surface area contributed by atoms with Gasteiger partial charge in [0, 0.05) is 17.1 Å². The summed E-state index contributed by atoms with van der Waals surface area (Å²) in [6.45, 7) is 4.93. The number of benzene rings is 1. The van der Waals surface area contributed by atoms with E-state index in [0.29, 0.717) is 0 Å². The second kappa shape index (κ2) is 5.82. The van der Waals surface area contributed by atoms with Crippen LogP contribution < -0.4 is 10.6 Å². The van der Waals surface area contributed by atoms with Crippen molar-refractivity contribution in [3.8, 4) is 0 Å². The highest BCUT2D eigenvalue weighted by molar-refractivity contribution is 9.10. The predicted molar refractivity (Wildman–Crippen MR) is 70.8 cm³/mol. The molecule has 0 radical (unpaired) electrons. The Morgan fingerprint density at radius 3 is 2.59 bits per heavy atom. The van der Waals surface area contributed by atoms with Gasteiger partial charge in [-0.15, -0.1) is 0 Å². The van der Waals surface area contributed by atoms with E-state index in [1.54, 1.807) is 6.92 Å². The smallest absolute Gasteiger partial charge is 0.246 e. The van der Waals surface area contributed by atoms with E-state index < -0.39 is 6.04 Å². The number of hydrogen-bond acceptors (Lipinski definition) is 2. The van der Waals surface area contributed by atoms with Crippen LogP contribution in [0, 0.1) is 6.92 Å². The van der Waals surface area contributed by atoms with Crippen LogP contribution >= 0.6 is 15.9 Å². The van der Waals surface area contributed by atoms with Crippen molar-refractivity contribution in [3.05, 3.63) is 28.2 Å². The fourth-order valence-electron chi connectivity index (χ4n) is 1.34. The molecule has 0 saturated carbocycles. The first-order chi connectivity index (χ1) is 7.90. The van der Waals surface area contributed by atoms with Gasteiger partial charge in [-0.25, -0.2) is 0 Å². The summed E-state index contributed by atoms with van der Waals surface area (Å²) in [6.07, 6.45) is 0. The van der Waals surface area contributed by atoms with Crippen molar-refractivity contribution in [2.75, 3.05) is 5.32 Å². The zero-order chi connectivity index (χ0) is 13.0. The highest BCUT2D eigenvalue weighted by Gasteiger charge is 2.14. The molecule has 0 spiro atoms. The SMILES string of the molecule is CC(=O)NC(C)C(=O)Nc1cc(Br)ccc1C. The van der Waals surface area contributed by atoms with Gasteiger partial charge in [0.2, 0.25) is 11.8 Å². The van der Waals surface area contributed by atoms with E-state index in [1.165, 1.54) is 6.92 Å². The van der Waals surface area contributed by atoms with Crippen molar-refractivity contribution >= 4 is 33.4 Å². The second-order valence-electron chi connectivity index (χ2n) is 3.87. The maximum Gasteiger partial charge on any atom is 0.246 e. The number of amides is 2. The van der Waals surface area contributed by atoms with Gasteiger partial charge in [-0.1, -0.05) is 22.0 Å². The number of anilines is 1. The van der Waals surface area contributed by atoms with E-state index in [2.05, 4.69) is 26.6 Å². The molecule has 0 aliphatic rings. The van der Waals surface area contributed by atoms with Crippen LogP contribution in [0.5, 0.6) is 0 Å². The van der Waals surface area contributed by atoms with Crippen LogP contribution in [0.4, 0.5) is 5.69 Å². The van der Waals surface area contributed by atoms with Crippen LogP contribution in [0.1, 0.15) is 19.4 Å². The standard InChI is InChI=1S/C12H15BrN2O2/c1-7-4-5-10(13)6-11(7)15-12(17)8(2)14-9(3)16/h4-6,8H,1-3H3,(H,14,16)(H,15,17). The lowest BCUT2D eigenvalue weighted by Gasteiger charge is -2.14. The van der Waals surface area contributed by atoms with Gasteiger partial charge in [0.25, 0.3) is 0 Å². The van der Waals surface area contributed by atoms with Crippen LogP contribution in [0.3, 0.4) is 0 Å². The highest BCUT2D eigenvalue weighted by atomic mass is 79.9. The van der Waals surface area contributed by atoms with E-state index >= 15 is 0 Å². The normalized spacial score (nSPS) is 11.8. The van der Waals surface area contributed by atoms with Gasteiger partial charge < -0.3 is 10.6 Å². The Bertz CT molecular complexity index is 446. The van der Waals surface area contributed by atoms with Gasteiger partial charge in [-0.2, -0.15) is 0 Å². The molecule has 1 atom stereocenters. The fourth-order valence-corrected chi connectivity index (χ4v) is 1.70. The minimum Gasteiger partial charge on any atom is -0.345 e. The third-order valence-corrected chi connectivity index (χ3v) is 2.76. The highest BCUT2D eigenvalue weighted by Crippen LogP contribution is 2.20. The number of rotatable bonds is 3. The lowest BCUT2D eigenvalue weighted by Crippen LogP contribution is -2.40. The molecular weight excluding hydrogens is 284 g/mol. The zero-order valence-corrected chi connectivity index (χ0v) is 11.6. The van der Waals surface area contributed by atoms with E-state index in [1.807, 2.05) is 25.1 Å². The molecular formula is C12H15BrN2O2. The monoisotopic (exact) mass is 298 g/mol. The summed E-state index contributed by atoms with van der Waals surface area (Å²) >= 11 is 3.34. The molecule has 0 aromatic heterocycles. The van der Waals surface area contributed by atoms with Gasteiger partial charge in [0.05, 0.1) is 0 Å². The van der Waals surface area contributed by atoms with E-state index in [0.717, 1.165) is 15.7 Å². The van der Waals surface area contributed by atoms with Crippen LogP contribution in [0.25, 0.3) is 0 Å². The van der Waals surface area contributed by atoms with Gasteiger partial charge in [0.1, 0.15) is 6.04 Å². The molecule has 0 bridgehead atoms. The van der Waals surface area contributed by atoms with E-state index in [4.69, 9.17) is 0 Å². The lowest BCUT2D eigenvalue weighted by molar-refractivity contribution is -0.124. The minimum atomic E-state index is -0.550. The van der Waals surface area contributed by atoms with Crippen LogP contribution in [0.15, 0.2) is 22.7 Å². The zero-order valence-electron chi connectivity index (χ0n) is 10.0. The second-order valence-corrected chi connectivity index (χ2v) is 4.79. The fraction of sp³-hybridized carbons (Fsp3) is 0.333. The van der Waals surface area contributed by atoms with Crippen molar-refractivity contribution in [3.63, 3.8) is 0 Å². The average molecular weight is 299 g/mol. The Hall–Kier alpha value is -1.36. The number of halogens is 1. The first-order valence-corrected chi connectivity index (χ1v) is 6.03. The maximum absolute atomic E-state index is 11.8. The predicted octanol–water partition coefficient (Wildman–Crippen LogP) is 2.22. The van der Waals surface area contributed by atoms with E-state index in [9.17, 15) is 9.59 Å².